The van der Waals surface area contributed by atoms with E-state index in [1.54, 1.807) is 6.21 Å². The number of nitrogens with zero attached hydrogens (tertiary/aromatic N) is 1. The van der Waals surface area contributed by atoms with E-state index in [0.717, 1.165) is 28.3 Å². The second-order valence-electron chi connectivity index (χ2n) is 5.22. The average molecular weight is 302 g/mol. The first kappa shape index (κ1) is 13.3. The average Bonchev–Trinajstić information content (AvgIpc) is 3.28. The topological polar surface area (TPSA) is 73.0 Å². The lowest BCUT2D eigenvalue weighted by Gasteiger charge is -2.03. The number of anilines is 1. The van der Waals surface area contributed by atoms with Crippen LogP contribution in [0.15, 0.2) is 59.9 Å². The smallest absolute Gasteiger partial charge is 0.256 e. The first-order chi connectivity index (χ1) is 11.3. The Labute approximate surface area is 132 Å². The van der Waals surface area contributed by atoms with Crippen molar-refractivity contribution in [2.24, 2.45) is 4.99 Å². The Morgan fingerprint density at radius 3 is 2.43 bits per heavy atom. The van der Waals surface area contributed by atoms with E-state index in [4.69, 9.17) is 0 Å². The summed E-state index contributed by atoms with van der Waals surface area (Å²) in [6, 6.07) is 13.3. The summed E-state index contributed by atoms with van der Waals surface area (Å²) < 4.78 is 0. The van der Waals surface area contributed by atoms with Crippen molar-refractivity contribution in [1.82, 2.24) is 9.97 Å². The number of carbonyl (C=O) groups is 1. The SMILES string of the molecule is O=C1Nc2cccc(N=Cc3ccc[nH]3)c2C1=Cc1ccc[nH]1. The van der Waals surface area contributed by atoms with Crippen molar-refractivity contribution in [2.45, 2.75) is 0 Å². The van der Waals surface area contributed by atoms with Gasteiger partial charge in [0.1, 0.15) is 0 Å². The van der Waals surface area contributed by atoms with E-state index in [9.17, 15) is 4.79 Å². The van der Waals surface area contributed by atoms with Crippen molar-refractivity contribution < 1.29 is 4.79 Å². The molecule has 112 valence electrons. The maximum Gasteiger partial charge on any atom is 0.256 e. The molecule has 4 rings (SSSR count). The lowest BCUT2D eigenvalue weighted by molar-refractivity contribution is -0.110. The Morgan fingerprint density at radius 2 is 1.70 bits per heavy atom. The van der Waals surface area contributed by atoms with Gasteiger partial charge in [-0.25, -0.2) is 0 Å². The van der Waals surface area contributed by atoms with Crippen molar-refractivity contribution in [3.05, 3.63) is 71.8 Å². The molecule has 0 radical (unpaired) electrons. The van der Waals surface area contributed by atoms with Crippen LogP contribution in [0.25, 0.3) is 11.6 Å². The predicted octanol–water partition coefficient (Wildman–Crippen LogP) is 3.59. The number of aliphatic imine (C=N–C) groups is 1. The van der Waals surface area contributed by atoms with Crippen LogP contribution in [0, 0.1) is 0 Å². The minimum atomic E-state index is -0.114. The molecule has 1 amide bonds. The van der Waals surface area contributed by atoms with Gasteiger partial charge in [0.05, 0.1) is 28.9 Å². The van der Waals surface area contributed by atoms with Crippen molar-refractivity contribution in [3.8, 4) is 0 Å². The fourth-order valence-corrected chi connectivity index (χ4v) is 2.63. The molecule has 0 spiro atoms. The highest BCUT2D eigenvalue weighted by molar-refractivity contribution is 6.36. The molecule has 1 aliphatic heterocycles. The van der Waals surface area contributed by atoms with E-state index in [1.165, 1.54) is 0 Å². The largest absolute Gasteiger partial charge is 0.362 e. The summed E-state index contributed by atoms with van der Waals surface area (Å²) in [6.45, 7) is 0. The van der Waals surface area contributed by atoms with Gasteiger partial charge in [0.25, 0.3) is 5.91 Å². The molecular weight excluding hydrogens is 288 g/mol. The number of rotatable bonds is 3. The van der Waals surface area contributed by atoms with Gasteiger partial charge in [0.2, 0.25) is 0 Å². The molecule has 3 heterocycles. The molecule has 1 aromatic carbocycles. The molecule has 0 atom stereocenters. The molecule has 0 unspecified atom stereocenters. The summed E-state index contributed by atoms with van der Waals surface area (Å²) in [4.78, 5) is 23.0. The molecule has 23 heavy (non-hydrogen) atoms. The quantitative estimate of drug-likeness (QED) is 0.502. The van der Waals surface area contributed by atoms with E-state index in [-0.39, 0.29) is 5.91 Å². The van der Waals surface area contributed by atoms with Crippen LogP contribution < -0.4 is 5.32 Å². The van der Waals surface area contributed by atoms with Crippen LogP contribution in [0.5, 0.6) is 0 Å². The molecule has 5 heteroatoms. The molecule has 2 aromatic heterocycles. The third kappa shape index (κ3) is 2.48. The predicted molar refractivity (Wildman–Crippen MR) is 91.8 cm³/mol. The van der Waals surface area contributed by atoms with Gasteiger partial charge in [-0.05, 0) is 42.5 Å². The summed E-state index contributed by atoms with van der Waals surface area (Å²) >= 11 is 0. The maximum atomic E-state index is 12.3. The fraction of sp³-hybridized carbons (Fsp3) is 0. The van der Waals surface area contributed by atoms with Crippen LogP contribution in [0.3, 0.4) is 0 Å². The normalized spacial score (nSPS) is 15.3. The van der Waals surface area contributed by atoms with Crippen molar-refractivity contribution >= 4 is 35.1 Å². The van der Waals surface area contributed by atoms with Gasteiger partial charge in [-0.2, -0.15) is 0 Å². The first-order valence-corrected chi connectivity index (χ1v) is 7.28. The number of benzene rings is 1. The molecule has 0 aliphatic carbocycles. The maximum absolute atomic E-state index is 12.3. The van der Waals surface area contributed by atoms with Crippen LogP contribution in [0.2, 0.25) is 0 Å². The van der Waals surface area contributed by atoms with E-state index in [1.807, 2.05) is 60.9 Å². The highest BCUT2D eigenvalue weighted by atomic mass is 16.2. The van der Waals surface area contributed by atoms with E-state index in [2.05, 4.69) is 20.3 Å². The number of aromatic nitrogens is 2. The van der Waals surface area contributed by atoms with Crippen molar-refractivity contribution in [3.63, 3.8) is 0 Å². The van der Waals surface area contributed by atoms with Crippen molar-refractivity contribution in [2.75, 3.05) is 5.32 Å². The van der Waals surface area contributed by atoms with E-state index < -0.39 is 0 Å². The molecule has 5 nitrogen and oxygen atoms in total. The fourth-order valence-electron chi connectivity index (χ4n) is 2.63. The summed E-state index contributed by atoms with van der Waals surface area (Å²) in [5.74, 6) is -0.114. The third-order valence-corrected chi connectivity index (χ3v) is 3.69. The Morgan fingerprint density at radius 1 is 0.913 bits per heavy atom. The van der Waals surface area contributed by atoms with Gasteiger partial charge in [-0.3, -0.25) is 9.79 Å². The van der Waals surface area contributed by atoms with Gasteiger partial charge >= 0.3 is 0 Å². The molecule has 3 aromatic rings. The minimum absolute atomic E-state index is 0.114. The monoisotopic (exact) mass is 302 g/mol. The number of aromatic amines is 2. The number of fused-ring (bicyclic) bond motifs is 1. The lowest BCUT2D eigenvalue weighted by atomic mass is 10.0. The molecule has 0 saturated carbocycles. The standard InChI is InChI=1S/C18H14N4O/c23-18-14(10-12-4-2-8-19-12)17-15(6-1-7-16(17)22-18)21-11-13-5-3-9-20-13/h1-11,19-20H,(H,22,23). The number of amides is 1. The van der Waals surface area contributed by atoms with Gasteiger partial charge in [0, 0.05) is 23.7 Å². The van der Waals surface area contributed by atoms with E-state index in [0.29, 0.717) is 5.57 Å². The second-order valence-corrected chi connectivity index (χ2v) is 5.22. The first-order valence-electron chi connectivity index (χ1n) is 7.28. The van der Waals surface area contributed by atoms with Crippen LogP contribution in [0.1, 0.15) is 17.0 Å². The van der Waals surface area contributed by atoms with Gasteiger partial charge in [0.15, 0.2) is 0 Å². The van der Waals surface area contributed by atoms with Crippen LogP contribution in [0.4, 0.5) is 11.4 Å². The number of H-pyrrole nitrogens is 2. The number of hydrogen-bond acceptors (Lipinski definition) is 2. The molecule has 0 saturated heterocycles. The van der Waals surface area contributed by atoms with Crippen LogP contribution in [-0.2, 0) is 4.79 Å². The van der Waals surface area contributed by atoms with Crippen LogP contribution >= 0.6 is 0 Å². The highest BCUT2D eigenvalue weighted by Crippen LogP contribution is 2.39. The van der Waals surface area contributed by atoms with Crippen molar-refractivity contribution in [1.29, 1.82) is 0 Å². The minimum Gasteiger partial charge on any atom is -0.362 e. The Bertz CT molecular complexity index is 903. The summed E-state index contributed by atoms with van der Waals surface area (Å²) in [6.07, 6.45) is 7.27. The summed E-state index contributed by atoms with van der Waals surface area (Å²) in [7, 11) is 0. The molecule has 0 fully saturated rings. The Balaban J connectivity index is 1.80. The van der Waals surface area contributed by atoms with Gasteiger partial charge < -0.3 is 15.3 Å². The summed E-state index contributed by atoms with van der Waals surface area (Å²) in [5.41, 5.74) is 4.78. The highest BCUT2D eigenvalue weighted by Gasteiger charge is 2.26. The third-order valence-electron chi connectivity index (χ3n) is 3.69. The zero-order chi connectivity index (χ0) is 15.6. The molecule has 1 aliphatic rings. The van der Waals surface area contributed by atoms with Crippen LogP contribution in [-0.4, -0.2) is 22.1 Å². The zero-order valence-electron chi connectivity index (χ0n) is 12.2. The number of nitrogens with one attached hydrogen (secondary N) is 3. The molecule has 3 N–H and O–H groups in total. The number of hydrogen-bond donors (Lipinski definition) is 3. The van der Waals surface area contributed by atoms with E-state index >= 15 is 0 Å². The van der Waals surface area contributed by atoms with Gasteiger partial charge in [-0.1, -0.05) is 6.07 Å². The summed E-state index contributed by atoms with van der Waals surface area (Å²) in [5, 5.41) is 2.89. The van der Waals surface area contributed by atoms with Gasteiger partial charge in [-0.15, -0.1) is 0 Å². The molecule has 0 bridgehead atoms. The zero-order valence-corrected chi connectivity index (χ0v) is 12.2. The molecular formula is C18H14N4O. The lowest BCUT2D eigenvalue weighted by Crippen LogP contribution is -2.03. The Hall–Kier alpha value is -3.34. The Kier molecular flexibility index (Phi) is 3.16. The second kappa shape index (κ2) is 5.46. The number of carbonyl (C=O) groups excluding carboxylic acids is 1.